The molecule has 0 bridgehead atoms. The van der Waals surface area contributed by atoms with Gasteiger partial charge in [-0.1, -0.05) is 111 Å². The lowest BCUT2D eigenvalue weighted by atomic mass is 9.81. The molecule has 204 valence electrons. The van der Waals surface area contributed by atoms with Gasteiger partial charge >= 0.3 is 0 Å². The number of rotatable bonds is 4. The molecule has 8 rings (SSSR count). The van der Waals surface area contributed by atoms with Crippen LogP contribution in [-0.4, -0.2) is 15.0 Å². The van der Waals surface area contributed by atoms with Gasteiger partial charge in [-0.15, -0.1) is 0 Å². The fourth-order valence-corrected chi connectivity index (χ4v) is 6.45. The second kappa shape index (κ2) is 9.85. The van der Waals surface area contributed by atoms with Crippen LogP contribution in [0.1, 0.15) is 25.0 Å². The smallest absolute Gasteiger partial charge is 0.0973 e. The molecule has 5 aromatic carbocycles. The summed E-state index contributed by atoms with van der Waals surface area (Å²) in [6.07, 6.45) is 3.76. The Morgan fingerprint density at radius 2 is 0.930 bits per heavy atom. The van der Waals surface area contributed by atoms with Crippen LogP contribution in [0.5, 0.6) is 0 Å². The van der Waals surface area contributed by atoms with E-state index in [-0.39, 0.29) is 5.41 Å². The van der Waals surface area contributed by atoms with Crippen molar-refractivity contribution in [3.63, 3.8) is 0 Å². The molecule has 3 nitrogen and oxygen atoms in total. The van der Waals surface area contributed by atoms with E-state index in [9.17, 15) is 0 Å². The van der Waals surface area contributed by atoms with Crippen molar-refractivity contribution in [3.8, 4) is 55.9 Å². The maximum atomic E-state index is 5.08. The number of hydrogen-bond acceptors (Lipinski definition) is 3. The van der Waals surface area contributed by atoms with Crippen molar-refractivity contribution in [3.05, 3.63) is 151 Å². The monoisotopic (exact) mass is 551 g/mol. The van der Waals surface area contributed by atoms with E-state index in [1.54, 1.807) is 0 Å². The van der Waals surface area contributed by atoms with Crippen LogP contribution in [-0.2, 0) is 5.41 Å². The Kier molecular flexibility index (Phi) is 5.80. The van der Waals surface area contributed by atoms with Gasteiger partial charge in [0.1, 0.15) is 0 Å². The number of nitrogens with zero attached hydrogens (tertiary/aromatic N) is 3. The summed E-state index contributed by atoms with van der Waals surface area (Å²) in [7, 11) is 0. The number of pyridine rings is 1. The fraction of sp³-hybridized carbons (Fsp3) is 0.0750. The summed E-state index contributed by atoms with van der Waals surface area (Å²) in [5.41, 5.74) is 15.7. The first-order chi connectivity index (χ1) is 21.1. The average molecular weight is 552 g/mol. The van der Waals surface area contributed by atoms with Gasteiger partial charge in [-0.3, -0.25) is 4.98 Å². The van der Waals surface area contributed by atoms with E-state index in [4.69, 9.17) is 9.97 Å². The number of para-hydroxylation sites is 2. The lowest BCUT2D eigenvalue weighted by Crippen LogP contribution is -2.15. The molecule has 0 atom stereocenters. The van der Waals surface area contributed by atoms with Crippen molar-refractivity contribution in [2.45, 2.75) is 19.3 Å². The lowest BCUT2D eigenvalue weighted by Gasteiger charge is -2.22. The van der Waals surface area contributed by atoms with Gasteiger partial charge < -0.3 is 0 Å². The minimum absolute atomic E-state index is 0.107. The molecule has 0 fully saturated rings. The molecule has 0 amide bonds. The quantitative estimate of drug-likeness (QED) is 0.218. The van der Waals surface area contributed by atoms with E-state index < -0.39 is 0 Å². The van der Waals surface area contributed by atoms with Gasteiger partial charge in [-0.25, -0.2) is 9.97 Å². The first-order valence-electron chi connectivity index (χ1n) is 14.7. The highest BCUT2D eigenvalue weighted by Crippen LogP contribution is 2.50. The maximum Gasteiger partial charge on any atom is 0.0973 e. The molecule has 0 aliphatic heterocycles. The Bertz CT molecular complexity index is 2130. The number of aromatic nitrogens is 3. The molecule has 2 aromatic heterocycles. The predicted octanol–water partition coefficient (Wildman–Crippen LogP) is 10.00. The minimum atomic E-state index is -0.107. The third-order valence-electron chi connectivity index (χ3n) is 8.78. The maximum absolute atomic E-state index is 5.08. The van der Waals surface area contributed by atoms with Gasteiger partial charge in [0.25, 0.3) is 0 Å². The van der Waals surface area contributed by atoms with Crippen molar-refractivity contribution < 1.29 is 0 Å². The Balaban J connectivity index is 1.17. The van der Waals surface area contributed by atoms with Crippen LogP contribution in [0.15, 0.2) is 140 Å². The zero-order valence-corrected chi connectivity index (χ0v) is 24.1. The van der Waals surface area contributed by atoms with Gasteiger partial charge in [0, 0.05) is 28.9 Å². The highest BCUT2D eigenvalue weighted by Gasteiger charge is 2.35. The summed E-state index contributed by atoms with van der Waals surface area (Å²) in [6, 6.07) is 45.0. The molecular formula is C40H29N3. The van der Waals surface area contributed by atoms with Gasteiger partial charge in [0.15, 0.2) is 0 Å². The summed E-state index contributed by atoms with van der Waals surface area (Å²) in [5.74, 6) is 0. The summed E-state index contributed by atoms with van der Waals surface area (Å²) < 4.78 is 0. The van der Waals surface area contributed by atoms with Gasteiger partial charge in [-0.05, 0) is 74.8 Å². The predicted molar refractivity (Wildman–Crippen MR) is 177 cm³/mol. The zero-order valence-electron chi connectivity index (χ0n) is 24.1. The van der Waals surface area contributed by atoms with Crippen LogP contribution in [0.4, 0.5) is 0 Å². The Morgan fingerprint density at radius 1 is 0.442 bits per heavy atom. The van der Waals surface area contributed by atoms with E-state index in [0.29, 0.717) is 0 Å². The molecule has 0 N–H and O–H groups in total. The third kappa shape index (κ3) is 4.24. The molecule has 0 spiro atoms. The van der Waals surface area contributed by atoms with E-state index in [2.05, 4.69) is 97.7 Å². The van der Waals surface area contributed by atoms with Crippen LogP contribution < -0.4 is 0 Å². The van der Waals surface area contributed by atoms with Crippen LogP contribution in [0.2, 0.25) is 0 Å². The van der Waals surface area contributed by atoms with Crippen molar-refractivity contribution >= 4 is 11.0 Å². The molecule has 3 heteroatoms. The Labute approximate surface area is 251 Å². The molecule has 1 aliphatic carbocycles. The standard InChI is InChI=1S/C40H29N3/c1-40(2)34-23-29(18-20-32(34)33-21-19-30(24-35(33)40)31-11-8-22-41-25-31)26-14-16-28(17-15-26)39-38(27-9-4-3-5-10-27)42-36-12-6-7-13-37(36)43-39/h3-25H,1-2H3. The summed E-state index contributed by atoms with van der Waals surface area (Å²) >= 11 is 0. The second-order valence-corrected chi connectivity index (χ2v) is 11.7. The first-order valence-corrected chi connectivity index (χ1v) is 14.7. The second-order valence-electron chi connectivity index (χ2n) is 11.7. The van der Waals surface area contributed by atoms with Gasteiger partial charge in [-0.2, -0.15) is 0 Å². The van der Waals surface area contributed by atoms with E-state index in [1.807, 2.05) is 60.9 Å². The Morgan fingerprint density at radius 3 is 1.51 bits per heavy atom. The van der Waals surface area contributed by atoms with E-state index in [1.165, 1.54) is 38.9 Å². The highest BCUT2D eigenvalue weighted by atomic mass is 14.8. The van der Waals surface area contributed by atoms with Crippen LogP contribution >= 0.6 is 0 Å². The minimum Gasteiger partial charge on any atom is -0.264 e. The topological polar surface area (TPSA) is 38.7 Å². The van der Waals surface area contributed by atoms with E-state index in [0.717, 1.165) is 39.1 Å². The van der Waals surface area contributed by atoms with Crippen molar-refractivity contribution in [1.82, 2.24) is 15.0 Å². The van der Waals surface area contributed by atoms with Gasteiger partial charge in [0.05, 0.1) is 22.4 Å². The number of fused-ring (bicyclic) bond motifs is 4. The number of hydrogen-bond donors (Lipinski definition) is 0. The van der Waals surface area contributed by atoms with Crippen molar-refractivity contribution in [2.24, 2.45) is 0 Å². The molecule has 0 radical (unpaired) electrons. The largest absolute Gasteiger partial charge is 0.264 e. The Hall–Kier alpha value is -5.41. The molecule has 7 aromatic rings. The molecule has 0 saturated carbocycles. The lowest BCUT2D eigenvalue weighted by molar-refractivity contribution is 0.661. The highest BCUT2D eigenvalue weighted by molar-refractivity contribution is 5.88. The molecule has 0 unspecified atom stereocenters. The van der Waals surface area contributed by atoms with Crippen LogP contribution in [0, 0.1) is 0 Å². The molecule has 43 heavy (non-hydrogen) atoms. The van der Waals surface area contributed by atoms with Crippen LogP contribution in [0.25, 0.3) is 66.9 Å². The van der Waals surface area contributed by atoms with Crippen molar-refractivity contribution in [1.29, 1.82) is 0 Å². The average Bonchev–Trinajstić information content (AvgIpc) is 3.30. The normalized spacial score (nSPS) is 13.1. The van der Waals surface area contributed by atoms with E-state index >= 15 is 0 Å². The van der Waals surface area contributed by atoms with Gasteiger partial charge in [0.2, 0.25) is 0 Å². The SMILES string of the molecule is CC1(C)c2cc(-c3ccc(-c4nc5ccccc5nc4-c4ccccc4)cc3)ccc2-c2ccc(-c3cccnc3)cc21. The first kappa shape index (κ1) is 25.3. The molecular weight excluding hydrogens is 522 g/mol. The summed E-state index contributed by atoms with van der Waals surface area (Å²) in [5, 5.41) is 0. The summed E-state index contributed by atoms with van der Waals surface area (Å²) in [4.78, 5) is 14.4. The number of benzene rings is 5. The fourth-order valence-electron chi connectivity index (χ4n) is 6.45. The zero-order chi connectivity index (χ0) is 29.0. The molecule has 1 aliphatic rings. The molecule has 2 heterocycles. The molecule has 0 saturated heterocycles. The van der Waals surface area contributed by atoms with Crippen molar-refractivity contribution in [2.75, 3.05) is 0 Å². The summed E-state index contributed by atoms with van der Waals surface area (Å²) in [6.45, 7) is 4.67. The van der Waals surface area contributed by atoms with Crippen LogP contribution in [0.3, 0.4) is 0 Å². The third-order valence-corrected chi connectivity index (χ3v) is 8.78.